The number of likely N-dealkylation sites (N-methyl/N-ethyl adjacent to an activating group) is 1. The SMILES string of the molecule is CC(C)CN(CC(=O)O)C(=O)N(C)CC(=O)NC1CC1. The van der Waals surface area contributed by atoms with Gasteiger partial charge >= 0.3 is 12.0 Å². The van der Waals surface area contributed by atoms with Gasteiger partial charge in [0.15, 0.2) is 0 Å². The van der Waals surface area contributed by atoms with Crippen molar-refractivity contribution in [2.75, 3.05) is 26.7 Å². The summed E-state index contributed by atoms with van der Waals surface area (Å²) < 4.78 is 0. The van der Waals surface area contributed by atoms with E-state index < -0.39 is 12.0 Å². The maximum Gasteiger partial charge on any atom is 0.323 e. The number of rotatable bonds is 7. The van der Waals surface area contributed by atoms with Gasteiger partial charge in [0.1, 0.15) is 13.1 Å². The molecular formula is C13H23N3O4. The molecule has 1 fully saturated rings. The van der Waals surface area contributed by atoms with E-state index in [1.54, 1.807) is 0 Å². The minimum Gasteiger partial charge on any atom is -0.480 e. The second-order valence-electron chi connectivity index (χ2n) is 5.65. The van der Waals surface area contributed by atoms with E-state index in [1.165, 1.54) is 16.8 Å². The van der Waals surface area contributed by atoms with Crippen LogP contribution in [-0.2, 0) is 9.59 Å². The smallest absolute Gasteiger partial charge is 0.323 e. The quantitative estimate of drug-likeness (QED) is 0.706. The molecule has 1 aliphatic rings. The van der Waals surface area contributed by atoms with Crippen molar-refractivity contribution in [1.82, 2.24) is 15.1 Å². The molecule has 0 saturated heterocycles. The Balaban J connectivity index is 2.51. The first-order chi connectivity index (χ1) is 9.29. The number of carboxylic acid groups (broad SMARTS) is 1. The van der Waals surface area contributed by atoms with Crippen molar-refractivity contribution in [3.63, 3.8) is 0 Å². The van der Waals surface area contributed by atoms with Gasteiger partial charge in [-0.05, 0) is 18.8 Å². The van der Waals surface area contributed by atoms with Crippen LogP contribution in [0.1, 0.15) is 26.7 Å². The summed E-state index contributed by atoms with van der Waals surface area (Å²) in [7, 11) is 1.50. The fraction of sp³-hybridized carbons (Fsp3) is 0.769. The Labute approximate surface area is 118 Å². The minimum absolute atomic E-state index is 0.0520. The number of hydrogen-bond donors (Lipinski definition) is 2. The van der Waals surface area contributed by atoms with Gasteiger partial charge in [-0.2, -0.15) is 0 Å². The van der Waals surface area contributed by atoms with E-state index in [9.17, 15) is 14.4 Å². The van der Waals surface area contributed by atoms with Gasteiger partial charge in [0, 0.05) is 19.6 Å². The van der Waals surface area contributed by atoms with Crippen LogP contribution in [0.25, 0.3) is 0 Å². The van der Waals surface area contributed by atoms with Crippen LogP contribution >= 0.6 is 0 Å². The predicted octanol–water partition coefficient (Wildman–Crippen LogP) is 0.359. The van der Waals surface area contributed by atoms with E-state index in [4.69, 9.17) is 5.11 Å². The number of nitrogens with zero attached hydrogens (tertiary/aromatic N) is 2. The minimum atomic E-state index is -1.06. The molecule has 0 atom stereocenters. The number of nitrogens with one attached hydrogen (secondary N) is 1. The Bertz CT molecular complexity index is 380. The molecule has 0 spiro atoms. The zero-order chi connectivity index (χ0) is 15.3. The molecule has 7 nitrogen and oxygen atoms in total. The Morgan fingerprint density at radius 1 is 1.25 bits per heavy atom. The number of carbonyl (C=O) groups excluding carboxylic acids is 2. The third-order valence-corrected chi connectivity index (χ3v) is 2.83. The summed E-state index contributed by atoms with van der Waals surface area (Å²) in [5.41, 5.74) is 0. The van der Waals surface area contributed by atoms with Crippen LogP contribution in [-0.4, -0.2) is 65.5 Å². The number of aliphatic carboxylic acids is 1. The van der Waals surface area contributed by atoms with Crippen molar-refractivity contribution in [2.24, 2.45) is 5.92 Å². The summed E-state index contributed by atoms with van der Waals surface area (Å²) in [5, 5.41) is 11.6. The average molecular weight is 285 g/mol. The first kappa shape index (κ1) is 16.3. The first-order valence-corrected chi connectivity index (χ1v) is 6.80. The van der Waals surface area contributed by atoms with Gasteiger partial charge in [-0.15, -0.1) is 0 Å². The van der Waals surface area contributed by atoms with E-state index >= 15 is 0 Å². The third kappa shape index (κ3) is 5.90. The fourth-order valence-electron chi connectivity index (χ4n) is 1.84. The molecule has 1 saturated carbocycles. The molecule has 0 unspecified atom stereocenters. The van der Waals surface area contributed by atoms with E-state index in [2.05, 4.69) is 5.32 Å². The first-order valence-electron chi connectivity index (χ1n) is 6.80. The highest BCUT2D eigenvalue weighted by Gasteiger charge is 2.26. The maximum atomic E-state index is 12.2. The van der Waals surface area contributed by atoms with Crippen LogP contribution in [0.5, 0.6) is 0 Å². The lowest BCUT2D eigenvalue weighted by Crippen LogP contribution is -2.48. The average Bonchev–Trinajstić information content (AvgIpc) is 3.09. The van der Waals surface area contributed by atoms with Crippen LogP contribution in [0.2, 0.25) is 0 Å². The zero-order valence-electron chi connectivity index (χ0n) is 12.3. The molecule has 0 aromatic heterocycles. The second kappa shape index (κ2) is 7.12. The standard InChI is InChI=1S/C13H23N3O4/c1-9(2)6-16(8-12(18)19)13(20)15(3)7-11(17)14-10-4-5-10/h9-10H,4-8H2,1-3H3,(H,14,17)(H,18,19). The molecule has 0 aromatic carbocycles. The van der Waals surface area contributed by atoms with Crippen molar-refractivity contribution in [1.29, 1.82) is 0 Å². The lowest BCUT2D eigenvalue weighted by molar-refractivity contribution is -0.137. The zero-order valence-corrected chi connectivity index (χ0v) is 12.3. The Hall–Kier alpha value is -1.79. The Morgan fingerprint density at radius 2 is 1.85 bits per heavy atom. The largest absolute Gasteiger partial charge is 0.480 e. The molecule has 0 heterocycles. The summed E-state index contributed by atoms with van der Waals surface area (Å²) in [6, 6.07) is -0.191. The van der Waals surface area contributed by atoms with Crippen LogP contribution < -0.4 is 5.32 Å². The summed E-state index contributed by atoms with van der Waals surface area (Å²) in [4.78, 5) is 37.1. The summed E-state index contributed by atoms with van der Waals surface area (Å²) in [5.74, 6) is -1.11. The van der Waals surface area contributed by atoms with Gasteiger partial charge in [0.2, 0.25) is 5.91 Å². The molecular weight excluding hydrogens is 262 g/mol. The lowest BCUT2D eigenvalue weighted by Gasteiger charge is -2.28. The van der Waals surface area contributed by atoms with Crippen LogP contribution in [0, 0.1) is 5.92 Å². The monoisotopic (exact) mass is 285 g/mol. The maximum absolute atomic E-state index is 12.2. The van der Waals surface area contributed by atoms with Crippen molar-refractivity contribution in [3.8, 4) is 0 Å². The summed E-state index contributed by atoms with van der Waals surface area (Å²) in [6.45, 7) is 3.75. The molecule has 2 N–H and O–H groups in total. The molecule has 0 aromatic rings. The van der Waals surface area contributed by atoms with Gasteiger partial charge in [-0.1, -0.05) is 13.8 Å². The highest BCUT2D eigenvalue weighted by molar-refractivity contribution is 5.85. The predicted molar refractivity (Wildman–Crippen MR) is 73.2 cm³/mol. The second-order valence-corrected chi connectivity index (χ2v) is 5.65. The van der Waals surface area contributed by atoms with E-state index in [-0.39, 0.29) is 31.0 Å². The van der Waals surface area contributed by atoms with Crippen molar-refractivity contribution < 1.29 is 19.5 Å². The third-order valence-electron chi connectivity index (χ3n) is 2.83. The summed E-state index contributed by atoms with van der Waals surface area (Å²) in [6.07, 6.45) is 1.98. The van der Waals surface area contributed by atoms with E-state index in [0.717, 1.165) is 12.8 Å². The van der Waals surface area contributed by atoms with Crippen LogP contribution in [0.4, 0.5) is 4.79 Å². The number of carbonyl (C=O) groups is 3. The molecule has 7 heteroatoms. The number of carboxylic acids is 1. The molecule has 0 bridgehead atoms. The number of amides is 3. The highest BCUT2D eigenvalue weighted by Crippen LogP contribution is 2.18. The molecule has 114 valence electrons. The topological polar surface area (TPSA) is 90.0 Å². The van der Waals surface area contributed by atoms with E-state index in [0.29, 0.717) is 6.54 Å². The van der Waals surface area contributed by atoms with Gasteiger partial charge in [0.05, 0.1) is 0 Å². The molecule has 0 radical (unpaired) electrons. The van der Waals surface area contributed by atoms with Gasteiger partial charge in [-0.3, -0.25) is 9.59 Å². The van der Waals surface area contributed by atoms with Crippen LogP contribution in [0.3, 0.4) is 0 Å². The van der Waals surface area contributed by atoms with Gasteiger partial charge < -0.3 is 20.2 Å². The lowest BCUT2D eigenvalue weighted by atomic mass is 10.2. The van der Waals surface area contributed by atoms with Crippen molar-refractivity contribution in [3.05, 3.63) is 0 Å². The summed E-state index contributed by atoms with van der Waals surface area (Å²) >= 11 is 0. The van der Waals surface area contributed by atoms with Crippen LogP contribution in [0.15, 0.2) is 0 Å². The number of hydrogen-bond acceptors (Lipinski definition) is 3. The highest BCUT2D eigenvalue weighted by atomic mass is 16.4. The molecule has 3 amide bonds. The van der Waals surface area contributed by atoms with E-state index in [1.807, 2.05) is 13.8 Å². The molecule has 1 rings (SSSR count). The molecule has 0 aliphatic heterocycles. The van der Waals surface area contributed by atoms with Gasteiger partial charge in [0.25, 0.3) is 0 Å². The number of urea groups is 1. The molecule has 20 heavy (non-hydrogen) atoms. The van der Waals surface area contributed by atoms with Crippen molar-refractivity contribution in [2.45, 2.75) is 32.7 Å². The normalized spacial score (nSPS) is 14.0. The fourth-order valence-corrected chi connectivity index (χ4v) is 1.84. The van der Waals surface area contributed by atoms with Gasteiger partial charge in [-0.25, -0.2) is 4.79 Å². The molecule has 1 aliphatic carbocycles. The Morgan fingerprint density at radius 3 is 2.30 bits per heavy atom. The van der Waals surface area contributed by atoms with Crippen molar-refractivity contribution >= 4 is 17.9 Å². The Kier molecular flexibility index (Phi) is 5.79.